The average molecular weight is 261 g/mol. The Kier molecular flexibility index (Phi) is 2.82. The minimum atomic E-state index is 0.430. The number of fused-ring (bicyclic) bond motifs is 1. The van der Waals surface area contributed by atoms with E-state index in [1.54, 1.807) is 36.7 Å². The van der Waals surface area contributed by atoms with Crippen LogP contribution in [-0.4, -0.2) is 15.0 Å². The minimum Gasteiger partial charge on any atom is -0.424 e. The normalized spacial score (nSPS) is 10.7. The highest BCUT2D eigenvalue weighted by Gasteiger charge is 2.06. The molecule has 0 fully saturated rings. The molecule has 6 heteroatoms. The summed E-state index contributed by atoms with van der Waals surface area (Å²) in [4.78, 5) is 12.5. The molecule has 0 unspecified atom stereocenters. The standard InChI is InChI=1S/C12H9ClN4O/c13-8-2-3-10-9(6-8)17-12(18-10)16-7-11-14-4-1-5-15-11/h1-6H,7H2,(H,16,17). The summed E-state index contributed by atoms with van der Waals surface area (Å²) in [6.07, 6.45) is 3.38. The predicted molar refractivity (Wildman–Crippen MR) is 68.4 cm³/mol. The van der Waals surface area contributed by atoms with Crippen molar-refractivity contribution in [2.45, 2.75) is 6.54 Å². The molecular formula is C12H9ClN4O. The van der Waals surface area contributed by atoms with Crippen molar-refractivity contribution in [2.24, 2.45) is 0 Å². The van der Waals surface area contributed by atoms with E-state index in [2.05, 4.69) is 20.3 Å². The number of hydrogen-bond acceptors (Lipinski definition) is 5. The molecule has 0 saturated carbocycles. The number of nitrogens with one attached hydrogen (secondary N) is 1. The predicted octanol–water partition coefficient (Wildman–Crippen LogP) is 2.88. The summed E-state index contributed by atoms with van der Waals surface area (Å²) in [5, 5.41) is 3.66. The first kappa shape index (κ1) is 11.0. The molecule has 0 aliphatic carbocycles. The van der Waals surface area contributed by atoms with Crippen molar-refractivity contribution < 1.29 is 4.42 Å². The molecule has 90 valence electrons. The topological polar surface area (TPSA) is 63.8 Å². The van der Waals surface area contributed by atoms with Crippen LogP contribution in [0.2, 0.25) is 5.02 Å². The van der Waals surface area contributed by atoms with Crippen LogP contribution in [0.5, 0.6) is 0 Å². The second-order valence-electron chi connectivity index (χ2n) is 3.65. The molecule has 3 aromatic rings. The largest absolute Gasteiger partial charge is 0.424 e. The van der Waals surface area contributed by atoms with Gasteiger partial charge in [-0.05, 0) is 24.3 Å². The van der Waals surface area contributed by atoms with Gasteiger partial charge in [0.25, 0.3) is 6.01 Å². The molecular weight excluding hydrogens is 252 g/mol. The van der Waals surface area contributed by atoms with Gasteiger partial charge in [0.2, 0.25) is 0 Å². The molecule has 0 radical (unpaired) electrons. The number of anilines is 1. The van der Waals surface area contributed by atoms with Crippen LogP contribution in [0.4, 0.5) is 6.01 Å². The lowest BCUT2D eigenvalue weighted by Crippen LogP contribution is -2.03. The summed E-state index contributed by atoms with van der Waals surface area (Å²) in [6.45, 7) is 0.460. The van der Waals surface area contributed by atoms with Crippen LogP contribution in [0.15, 0.2) is 41.1 Å². The highest BCUT2D eigenvalue weighted by molar-refractivity contribution is 6.31. The Morgan fingerprint density at radius 3 is 2.89 bits per heavy atom. The van der Waals surface area contributed by atoms with E-state index in [9.17, 15) is 0 Å². The zero-order valence-corrected chi connectivity index (χ0v) is 10.1. The van der Waals surface area contributed by atoms with Crippen LogP contribution in [-0.2, 0) is 6.54 Å². The third kappa shape index (κ3) is 2.26. The first-order chi connectivity index (χ1) is 8.81. The number of hydrogen-bond donors (Lipinski definition) is 1. The van der Waals surface area contributed by atoms with Gasteiger partial charge in [0.1, 0.15) is 11.3 Å². The molecule has 2 heterocycles. The fourth-order valence-corrected chi connectivity index (χ4v) is 1.72. The van der Waals surface area contributed by atoms with E-state index in [0.717, 1.165) is 5.52 Å². The molecule has 0 atom stereocenters. The monoisotopic (exact) mass is 260 g/mol. The van der Waals surface area contributed by atoms with Crippen molar-refractivity contribution in [2.75, 3.05) is 5.32 Å². The van der Waals surface area contributed by atoms with Gasteiger partial charge in [0.15, 0.2) is 5.58 Å². The summed E-state index contributed by atoms with van der Waals surface area (Å²) in [7, 11) is 0. The van der Waals surface area contributed by atoms with Gasteiger partial charge >= 0.3 is 0 Å². The van der Waals surface area contributed by atoms with Gasteiger partial charge in [-0.2, -0.15) is 4.98 Å². The van der Waals surface area contributed by atoms with Crippen molar-refractivity contribution in [3.05, 3.63) is 47.5 Å². The Hall–Kier alpha value is -2.14. The summed E-state index contributed by atoms with van der Waals surface area (Å²) in [5.41, 5.74) is 1.41. The summed E-state index contributed by atoms with van der Waals surface area (Å²) in [6, 6.07) is 7.50. The summed E-state index contributed by atoms with van der Waals surface area (Å²) in [5.74, 6) is 0.679. The molecule has 0 bridgehead atoms. The lowest BCUT2D eigenvalue weighted by Gasteiger charge is -1.98. The summed E-state index contributed by atoms with van der Waals surface area (Å²) >= 11 is 5.88. The Morgan fingerprint density at radius 1 is 1.22 bits per heavy atom. The van der Waals surface area contributed by atoms with Crippen molar-refractivity contribution in [1.29, 1.82) is 0 Å². The van der Waals surface area contributed by atoms with Crippen LogP contribution in [0.25, 0.3) is 11.1 Å². The van der Waals surface area contributed by atoms with Gasteiger partial charge < -0.3 is 9.73 Å². The third-order valence-electron chi connectivity index (χ3n) is 2.37. The Morgan fingerprint density at radius 2 is 2.06 bits per heavy atom. The number of benzene rings is 1. The van der Waals surface area contributed by atoms with Crippen molar-refractivity contribution >= 4 is 28.7 Å². The average Bonchev–Trinajstić information content (AvgIpc) is 2.79. The van der Waals surface area contributed by atoms with Gasteiger partial charge in [-0.1, -0.05) is 11.6 Å². The number of aromatic nitrogens is 3. The van der Waals surface area contributed by atoms with Crippen LogP contribution >= 0.6 is 11.6 Å². The first-order valence-electron chi connectivity index (χ1n) is 5.37. The van der Waals surface area contributed by atoms with Gasteiger partial charge in [-0.15, -0.1) is 0 Å². The van der Waals surface area contributed by atoms with Crippen LogP contribution in [0, 0.1) is 0 Å². The molecule has 1 N–H and O–H groups in total. The van der Waals surface area contributed by atoms with Crippen LogP contribution < -0.4 is 5.32 Å². The molecule has 5 nitrogen and oxygen atoms in total. The fourth-order valence-electron chi connectivity index (χ4n) is 1.55. The molecule has 0 aliphatic rings. The summed E-state index contributed by atoms with van der Waals surface area (Å²) < 4.78 is 5.51. The van der Waals surface area contributed by atoms with E-state index in [1.807, 2.05) is 0 Å². The molecule has 3 rings (SSSR count). The van der Waals surface area contributed by atoms with Crippen LogP contribution in [0.1, 0.15) is 5.82 Å². The maximum Gasteiger partial charge on any atom is 0.296 e. The fraction of sp³-hybridized carbons (Fsp3) is 0.0833. The molecule has 2 aromatic heterocycles. The van der Waals surface area contributed by atoms with Crippen molar-refractivity contribution in [3.63, 3.8) is 0 Å². The Bertz CT molecular complexity index is 668. The van der Waals surface area contributed by atoms with E-state index >= 15 is 0 Å². The zero-order chi connectivity index (χ0) is 12.4. The van der Waals surface area contributed by atoms with E-state index in [-0.39, 0.29) is 0 Å². The van der Waals surface area contributed by atoms with E-state index < -0.39 is 0 Å². The number of nitrogens with zero attached hydrogens (tertiary/aromatic N) is 3. The lowest BCUT2D eigenvalue weighted by atomic mass is 10.3. The first-order valence-corrected chi connectivity index (χ1v) is 5.75. The maximum absolute atomic E-state index is 5.88. The second-order valence-corrected chi connectivity index (χ2v) is 4.09. The van der Waals surface area contributed by atoms with E-state index in [4.69, 9.17) is 16.0 Å². The Labute approximate surface area is 108 Å². The SMILES string of the molecule is Clc1ccc2oc(NCc3ncccn3)nc2c1. The van der Waals surface area contributed by atoms with Crippen molar-refractivity contribution in [3.8, 4) is 0 Å². The number of oxazole rings is 1. The number of halogens is 1. The van der Waals surface area contributed by atoms with Gasteiger partial charge in [-0.3, -0.25) is 0 Å². The lowest BCUT2D eigenvalue weighted by molar-refractivity contribution is 0.612. The minimum absolute atomic E-state index is 0.430. The zero-order valence-electron chi connectivity index (χ0n) is 9.30. The maximum atomic E-state index is 5.88. The number of rotatable bonds is 3. The molecule has 18 heavy (non-hydrogen) atoms. The van der Waals surface area contributed by atoms with Gasteiger partial charge in [-0.25, -0.2) is 9.97 Å². The highest BCUT2D eigenvalue weighted by Crippen LogP contribution is 2.22. The molecule has 0 saturated heterocycles. The quantitative estimate of drug-likeness (QED) is 0.784. The highest BCUT2D eigenvalue weighted by atomic mass is 35.5. The van der Waals surface area contributed by atoms with Crippen molar-refractivity contribution in [1.82, 2.24) is 15.0 Å². The van der Waals surface area contributed by atoms with Crippen LogP contribution in [0.3, 0.4) is 0 Å². The van der Waals surface area contributed by atoms with Gasteiger partial charge in [0.05, 0.1) is 6.54 Å². The smallest absolute Gasteiger partial charge is 0.296 e. The Balaban J connectivity index is 1.79. The van der Waals surface area contributed by atoms with Gasteiger partial charge in [0, 0.05) is 17.4 Å². The third-order valence-corrected chi connectivity index (χ3v) is 2.60. The van der Waals surface area contributed by atoms with E-state index in [1.165, 1.54) is 0 Å². The molecule has 0 aliphatic heterocycles. The molecule has 1 aromatic carbocycles. The second kappa shape index (κ2) is 4.62. The van der Waals surface area contributed by atoms with E-state index in [0.29, 0.717) is 29.0 Å². The molecule has 0 amide bonds. The molecule has 0 spiro atoms.